The number of halogens is 2. The average molecular weight is 310 g/mol. The molecule has 3 nitrogen and oxygen atoms in total. The zero-order chi connectivity index (χ0) is 13.1. The van der Waals surface area contributed by atoms with Gasteiger partial charge in [-0.15, -0.1) is 0 Å². The predicted molar refractivity (Wildman–Crippen MR) is 70.2 cm³/mol. The third kappa shape index (κ3) is 2.68. The van der Waals surface area contributed by atoms with Crippen LogP contribution < -0.4 is 5.32 Å². The molecule has 92 valence electrons. The summed E-state index contributed by atoms with van der Waals surface area (Å²) in [5, 5.41) is 12.0. The van der Waals surface area contributed by atoms with E-state index in [1.807, 2.05) is 0 Å². The number of anilines is 1. The molecule has 5 heteroatoms. The van der Waals surface area contributed by atoms with Gasteiger partial charge >= 0.3 is 0 Å². The molecule has 0 bridgehead atoms. The van der Waals surface area contributed by atoms with E-state index in [2.05, 4.69) is 21.2 Å². The normalized spacial score (nSPS) is 10.1. The number of phenols is 1. The molecule has 2 N–H and O–H groups in total. The summed E-state index contributed by atoms with van der Waals surface area (Å²) in [6.07, 6.45) is 0. The maximum atomic E-state index is 13.4. The third-order valence-corrected chi connectivity index (χ3v) is 2.85. The van der Waals surface area contributed by atoms with Gasteiger partial charge in [0.05, 0.1) is 0 Å². The quantitative estimate of drug-likeness (QED) is 0.891. The lowest BCUT2D eigenvalue weighted by atomic mass is 10.1. The second kappa shape index (κ2) is 5.18. The van der Waals surface area contributed by atoms with Crippen molar-refractivity contribution >= 4 is 27.5 Å². The molecule has 0 aromatic heterocycles. The Labute approximate surface area is 111 Å². The minimum Gasteiger partial charge on any atom is -0.507 e. The van der Waals surface area contributed by atoms with Gasteiger partial charge in [-0.1, -0.05) is 22.0 Å². The first-order valence-corrected chi connectivity index (χ1v) is 5.91. The van der Waals surface area contributed by atoms with Crippen molar-refractivity contribution in [2.45, 2.75) is 0 Å². The van der Waals surface area contributed by atoms with Gasteiger partial charge in [0.15, 0.2) is 0 Å². The molecule has 0 aliphatic heterocycles. The van der Waals surface area contributed by atoms with E-state index >= 15 is 0 Å². The molecule has 0 aliphatic carbocycles. The number of benzene rings is 2. The molecule has 0 saturated heterocycles. The van der Waals surface area contributed by atoms with E-state index < -0.39 is 11.7 Å². The monoisotopic (exact) mass is 309 g/mol. The lowest BCUT2D eigenvalue weighted by Gasteiger charge is -2.07. The number of hydrogen-bond donors (Lipinski definition) is 2. The number of carbonyl (C=O) groups excluding carboxylic acids is 1. The van der Waals surface area contributed by atoms with Crippen molar-refractivity contribution in [1.29, 1.82) is 0 Å². The highest BCUT2D eigenvalue weighted by Crippen LogP contribution is 2.22. The Bertz CT molecular complexity index is 564. The van der Waals surface area contributed by atoms with Crippen molar-refractivity contribution in [1.82, 2.24) is 0 Å². The molecule has 0 radical (unpaired) electrons. The fourth-order valence-electron chi connectivity index (χ4n) is 1.46. The lowest BCUT2D eigenvalue weighted by molar-refractivity contribution is 0.102. The molecule has 0 saturated carbocycles. The van der Waals surface area contributed by atoms with Crippen LogP contribution in [0.15, 0.2) is 46.9 Å². The van der Waals surface area contributed by atoms with Crippen molar-refractivity contribution in [2.75, 3.05) is 5.32 Å². The highest BCUT2D eigenvalue weighted by atomic mass is 79.9. The number of aromatic hydroxyl groups is 1. The number of hydrogen-bond acceptors (Lipinski definition) is 2. The van der Waals surface area contributed by atoms with Crippen molar-refractivity contribution in [3.8, 4) is 5.75 Å². The van der Waals surface area contributed by atoms with Gasteiger partial charge < -0.3 is 10.4 Å². The summed E-state index contributed by atoms with van der Waals surface area (Å²) >= 11 is 3.27. The Balaban J connectivity index is 2.25. The Hall–Kier alpha value is -1.88. The second-order valence-electron chi connectivity index (χ2n) is 3.59. The molecule has 1 amide bonds. The zero-order valence-corrected chi connectivity index (χ0v) is 10.7. The Kier molecular flexibility index (Phi) is 3.62. The third-order valence-electron chi connectivity index (χ3n) is 2.32. The van der Waals surface area contributed by atoms with Gasteiger partial charge in [-0.3, -0.25) is 4.79 Å². The molecule has 0 heterocycles. The highest BCUT2D eigenvalue weighted by molar-refractivity contribution is 9.10. The average Bonchev–Trinajstić information content (AvgIpc) is 2.32. The highest BCUT2D eigenvalue weighted by Gasteiger charge is 2.16. The van der Waals surface area contributed by atoms with E-state index in [0.717, 1.165) is 10.5 Å². The fourth-order valence-corrected chi connectivity index (χ4v) is 1.73. The van der Waals surface area contributed by atoms with Crippen LogP contribution in [0.3, 0.4) is 0 Å². The van der Waals surface area contributed by atoms with Gasteiger partial charge in [-0.2, -0.15) is 0 Å². The van der Waals surface area contributed by atoms with Crippen molar-refractivity contribution in [3.05, 3.63) is 58.3 Å². The summed E-state index contributed by atoms with van der Waals surface area (Å²) in [6, 6.07) is 10.5. The topological polar surface area (TPSA) is 49.3 Å². The Morgan fingerprint density at radius 3 is 2.44 bits per heavy atom. The smallest absolute Gasteiger partial charge is 0.262 e. The standard InChI is InChI=1S/C13H9BrFNO2/c14-8-4-6-9(7-5-8)16-13(18)12-10(15)2-1-3-11(12)17/h1-7,17H,(H,16,18). The van der Waals surface area contributed by atoms with Crippen molar-refractivity contribution < 1.29 is 14.3 Å². The largest absolute Gasteiger partial charge is 0.507 e. The SMILES string of the molecule is O=C(Nc1ccc(Br)cc1)c1c(O)cccc1F. The Morgan fingerprint density at radius 1 is 1.17 bits per heavy atom. The van der Waals surface area contributed by atoms with Crippen LogP contribution in [0.5, 0.6) is 5.75 Å². The number of phenolic OH excluding ortho intramolecular Hbond substituents is 1. The maximum Gasteiger partial charge on any atom is 0.262 e. The molecule has 0 unspecified atom stereocenters. The molecule has 0 fully saturated rings. The molecular weight excluding hydrogens is 301 g/mol. The van der Waals surface area contributed by atoms with Crippen LogP contribution in [0.25, 0.3) is 0 Å². The first-order chi connectivity index (χ1) is 8.58. The summed E-state index contributed by atoms with van der Waals surface area (Å²) < 4.78 is 14.3. The summed E-state index contributed by atoms with van der Waals surface area (Å²) in [5.41, 5.74) is 0.159. The molecule has 2 rings (SSSR count). The van der Waals surface area contributed by atoms with Gasteiger partial charge in [-0.05, 0) is 36.4 Å². The van der Waals surface area contributed by atoms with Crippen LogP contribution in [0.4, 0.5) is 10.1 Å². The molecule has 0 aliphatic rings. The number of carbonyl (C=O) groups is 1. The summed E-state index contributed by atoms with van der Waals surface area (Å²) in [4.78, 5) is 11.8. The second-order valence-corrected chi connectivity index (χ2v) is 4.51. The maximum absolute atomic E-state index is 13.4. The Morgan fingerprint density at radius 2 is 1.83 bits per heavy atom. The zero-order valence-electron chi connectivity index (χ0n) is 9.15. The molecule has 0 spiro atoms. The van der Waals surface area contributed by atoms with Crippen LogP contribution in [-0.2, 0) is 0 Å². The molecular formula is C13H9BrFNO2. The summed E-state index contributed by atoms with van der Waals surface area (Å²) in [6.45, 7) is 0. The first-order valence-electron chi connectivity index (χ1n) is 5.12. The fraction of sp³-hybridized carbons (Fsp3) is 0. The van der Waals surface area contributed by atoms with E-state index in [4.69, 9.17) is 0 Å². The van der Waals surface area contributed by atoms with Gasteiger partial charge in [0, 0.05) is 10.2 Å². The number of nitrogens with one attached hydrogen (secondary N) is 1. The summed E-state index contributed by atoms with van der Waals surface area (Å²) in [7, 11) is 0. The number of amides is 1. The molecule has 2 aromatic carbocycles. The van der Waals surface area contributed by atoms with E-state index in [1.165, 1.54) is 12.1 Å². The van der Waals surface area contributed by atoms with Gasteiger partial charge in [0.2, 0.25) is 0 Å². The first kappa shape index (κ1) is 12.6. The van der Waals surface area contributed by atoms with E-state index in [0.29, 0.717) is 5.69 Å². The van der Waals surface area contributed by atoms with Crippen molar-refractivity contribution in [3.63, 3.8) is 0 Å². The van der Waals surface area contributed by atoms with Gasteiger partial charge in [0.25, 0.3) is 5.91 Å². The van der Waals surface area contributed by atoms with Crippen LogP contribution in [0, 0.1) is 5.82 Å². The lowest BCUT2D eigenvalue weighted by Crippen LogP contribution is -2.13. The van der Waals surface area contributed by atoms with Gasteiger partial charge in [0.1, 0.15) is 17.1 Å². The van der Waals surface area contributed by atoms with E-state index in [1.54, 1.807) is 24.3 Å². The minimum absolute atomic E-state index is 0.361. The molecule has 0 atom stereocenters. The number of rotatable bonds is 2. The molecule has 2 aromatic rings. The van der Waals surface area contributed by atoms with Crippen LogP contribution in [-0.4, -0.2) is 11.0 Å². The predicted octanol–water partition coefficient (Wildman–Crippen LogP) is 3.55. The van der Waals surface area contributed by atoms with Crippen LogP contribution in [0.1, 0.15) is 10.4 Å². The van der Waals surface area contributed by atoms with Crippen LogP contribution >= 0.6 is 15.9 Å². The van der Waals surface area contributed by atoms with E-state index in [-0.39, 0.29) is 11.3 Å². The van der Waals surface area contributed by atoms with Crippen molar-refractivity contribution in [2.24, 2.45) is 0 Å². The summed E-state index contributed by atoms with van der Waals surface area (Å²) in [5.74, 6) is -1.83. The minimum atomic E-state index is -0.760. The van der Waals surface area contributed by atoms with E-state index in [9.17, 15) is 14.3 Å². The molecule has 18 heavy (non-hydrogen) atoms. The van der Waals surface area contributed by atoms with Crippen LogP contribution in [0.2, 0.25) is 0 Å². The van der Waals surface area contributed by atoms with Gasteiger partial charge in [-0.25, -0.2) is 4.39 Å².